The van der Waals surface area contributed by atoms with Gasteiger partial charge in [-0.2, -0.15) is 13.7 Å². The molecule has 0 aliphatic heterocycles. The van der Waals surface area contributed by atoms with E-state index in [9.17, 15) is 18.5 Å². The van der Waals surface area contributed by atoms with Crippen molar-refractivity contribution in [3.63, 3.8) is 0 Å². The molecule has 0 aliphatic carbocycles. The number of para-hydroxylation sites is 1. The average molecular weight is 434 g/mol. The number of carbonyl (C=O) groups excluding carboxylic acids is 1. The molecule has 0 heterocycles. The fraction of sp³-hybridized carbons (Fsp3) is 0. The van der Waals surface area contributed by atoms with E-state index >= 15 is 0 Å². The van der Waals surface area contributed by atoms with Crippen molar-refractivity contribution in [1.82, 2.24) is 0 Å². The van der Waals surface area contributed by atoms with Crippen LogP contribution in [0.2, 0.25) is 0 Å². The second-order valence-corrected chi connectivity index (χ2v) is 7.76. The van der Waals surface area contributed by atoms with Crippen molar-refractivity contribution in [2.45, 2.75) is 4.90 Å². The van der Waals surface area contributed by atoms with E-state index in [1.54, 1.807) is 18.2 Å². The lowest BCUT2D eigenvalue weighted by Crippen LogP contribution is -2.15. The number of hydrogen-bond acceptors (Lipinski definition) is 6. The fourth-order valence-corrected chi connectivity index (χ4v) is 3.10. The summed E-state index contributed by atoms with van der Waals surface area (Å²) in [7, 11) is -4.41. The van der Waals surface area contributed by atoms with E-state index in [1.807, 2.05) is 42.5 Å². The zero-order valence-corrected chi connectivity index (χ0v) is 16.9. The van der Waals surface area contributed by atoms with Crippen molar-refractivity contribution in [3.8, 4) is 6.07 Å². The van der Waals surface area contributed by atoms with Crippen molar-refractivity contribution in [1.29, 1.82) is 5.26 Å². The number of benzene rings is 3. The second kappa shape index (κ2) is 9.58. The number of nitriles is 1. The van der Waals surface area contributed by atoms with Gasteiger partial charge in [0.05, 0.1) is 4.90 Å². The van der Waals surface area contributed by atoms with E-state index in [4.69, 9.17) is 4.55 Å². The predicted molar refractivity (Wildman–Crippen MR) is 118 cm³/mol. The quantitative estimate of drug-likeness (QED) is 0.250. The molecule has 3 aromatic rings. The molecule has 9 heteroatoms. The Morgan fingerprint density at radius 3 is 2.13 bits per heavy atom. The second-order valence-electron chi connectivity index (χ2n) is 6.34. The lowest BCUT2D eigenvalue weighted by atomic mass is 10.2. The Hall–Kier alpha value is -4.13. The first kappa shape index (κ1) is 21.6. The third-order valence-electron chi connectivity index (χ3n) is 4.09. The van der Waals surface area contributed by atoms with Gasteiger partial charge in [0.2, 0.25) is 0 Å². The highest BCUT2D eigenvalue weighted by atomic mass is 32.2. The summed E-state index contributed by atoms with van der Waals surface area (Å²) in [5, 5.41) is 17.8. The molecular weight excluding hydrogens is 416 g/mol. The number of nitrogens with one attached hydrogen (secondary N) is 3. The molecule has 1 amide bonds. The number of nitrogens with zero attached hydrogens (tertiary/aromatic N) is 1. The SMILES string of the molecule is N#C/C(=C/Nc1ccc(Nc2ccccc2)cc1)C(=O)Nc1cccc(S(=O)(=O)O)c1. The van der Waals surface area contributed by atoms with Crippen molar-refractivity contribution in [2.75, 3.05) is 16.0 Å². The Morgan fingerprint density at radius 1 is 0.871 bits per heavy atom. The molecule has 8 nitrogen and oxygen atoms in total. The van der Waals surface area contributed by atoms with Gasteiger partial charge < -0.3 is 16.0 Å². The van der Waals surface area contributed by atoms with Crippen molar-refractivity contribution in [3.05, 3.63) is 90.6 Å². The van der Waals surface area contributed by atoms with Gasteiger partial charge >= 0.3 is 0 Å². The molecule has 0 aliphatic rings. The molecule has 31 heavy (non-hydrogen) atoms. The van der Waals surface area contributed by atoms with Gasteiger partial charge in [-0.25, -0.2) is 0 Å². The van der Waals surface area contributed by atoms with Crippen LogP contribution in [0.15, 0.2) is 95.5 Å². The molecule has 0 saturated carbocycles. The molecule has 3 aromatic carbocycles. The van der Waals surface area contributed by atoms with Crippen LogP contribution in [0.1, 0.15) is 0 Å². The average Bonchev–Trinajstić information content (AvgIpc) is 2.75. The monoisotopic (exact) mass is 434 g/mol. The van der Waals surface area contributed by atoms with Gasteiger partial charge in [0.25, 0.3) is 16.0 Å². The summed E-state index contributed by atoms with van der Waals surface area (Å²) in [6, 6.07) is 23.8. The third kappa shape index (κ3) is 6.17. The molecule has 0 fully saturated rings. The summed E-state index contributed by atoms with van der Waals surface area (Å²) in [5.74, 6) is -0.732. The van der Waals surface area contributed by atoms with Crippen LogP contribution in [0.25, 0.3) is 0 Å². The van der Waals surface area contributed by atoms with Crippen molar-refractivity contribution in [2.24, 2.45) is 0 Å². The largest absolute Gasteiger partial charge is 0.360 e. The molecule has 0 atom stereocenters. The minimum Gasteiger partial charge on any atom is -0.360 e. The summed E-state index contributed by atoms with van der Waals surface area (Å²) in [5.41, 5.74) is 2.39. The summed E-state index contributed by atoms with van der Waals surface area (Å²) in [6.07, 6.45) is 1.25. The fourth-order valence-electron chi connectivity index (χ4n) is 2.57. The smallest absolute Gasteiger partial charge is 0.294 e. The molecule has 0 saturated heterocycles. The lowest BCUT2D eigenvalue weighted by molar-refractivity contribution is -0.112. The molecule has 0 unspecified atom stereocenters. The third-order valence-corrected chi connectivity index (χ3v) is 4.94. The number of amides is 1. The standard InChI is InChI=1S/C22H18N4O4S/c23-14-16(22(27)26-20-7-4-8-21(13-20)31(28,29)30)15-24-17-9-11-19(12-10-17)25-18-5-2-1-3-6-18/h1-13,15,24-25H,(H,26,27)(H,28,29,30)/b16-15-. The predicted octanol–water partition coefficient (Wildman–Crippen LogP) is 4.13. The summed E-state index contributed by atoms with van der Waals surface area (Å²) < 4.78 is 31.5. The Morgan fingerprint density at radius 2 is 1.48 bits per heavy atom. The van der Waals surface area contributed by atoms with Gasteiger partial charge in [-0.1, -0.05) is 24.3 Å². The van der Waals surface area contributed by atoms with Gasteiger partial charge in [-0.05, 0) is 54.6 Å². The Labute approximate surface area is 179 Å². The Kier molecular flexibility index (Phi) is 6.67. The molecule has 0 radical (unpaired) electrons. The minimum atomic E-state index is -4.41. The first-order valence-electron chi connectivity index (χ1n) is 9.03. The molecule has 4 N–H and O–H groups in total. The van der Waals surface area contributed by atoms with E-state index in [-0.39, 0.29) is 16.2 Å². The highest BCUT2D eigenvalue weighted by molar-refractivity contribution is 7.85. The van der Waals surface area contributed by atoms with E-state index in [2.05, 4.69) is 16.0 Å². The van der Waals surface area contributed by atoms with Gasteiger partial charge in [0.1, 0.15) is 11.6 Å². The molecule has 0 aromatic heterocycles. The van der Waals surface area contributed by atoms with Crippen LogP contribution in [0.3, 0.4) is 0 Å². The molecule has 0 spiro atoms. The van der Waals surface area contributed by atoms with Crippen molar-refractivity contribution >= 4 is 38.8 Å². The Bertz CT molecular complexity index is 1250. The number of anilines is 4. The van der Waals surface area contributed by atoms with Crippen molar-refractivity contribution < 1.29 is 17.8 Å². The van der Waals surface area contributed by atoms with E-state index in [0.717, 1.165) is 17.4 Å². The van der Waals surface area contributed by atoms with Crippen LogP contribution in [0.4, 0.5) is 22.7 Å². The maximum atomic E-state index is 12.3. The minimum absolute atomic E-state index is 0.123. The topological polar surface area (TPSA) is 131 Å². The maximum absolute atomic E-state index is 12.3. The highest BCUT2D eigenvalue weighted by Crippen LogP contribution is 2.19. The summed E-state index contributed by atoms with van der Waals surface area (Å²) >= 11 is 0. The normalized spacial score (nSPS) is 11.3. The molecule has 0 bridgehead atoms. The van der Waals surface area contributed by atoms with Crippen LogP contribution in [-0.4, -0.2) is 18.9 Å². The zero-order chi connectivity index (χ0) is 22.3. The summed E-state index contributed by atoms with van der Waals surface area (Å²) in [6.45, 7) is 0. The van der Waals surface area contributed by atoms with Crippen LogP contribution in [0, 0.1) is 11.3 Å². The Balaban J connectivity index is 1.65. The van der Waals surface area contributed by atoms with Crippen LogP contribution >= 0.6 is 0 Å². The lowest BCUT2D eigenvalue weighted by Gasteiger charge is -2.08. The highest BCUT2D eigenvalue weighted by Gasteiger charge is 2.13. The van der Waals surface area contributed by atoms with E-state index in [0.29, 0.717) is 5.69 Å². The van der Waals surface area contributed by atoms with Crippen LogP contribution in [-0.2, 0) is 14.9 Å². The first-order valence-corrected chi connectivity index (χ1v) is 10.5. The van der Waals surface area contributed by atoms with E-state index in [1.165, 1.54) is 24.4 Å². The number of rotatable bonds is 7. The molecule has 156 valence electrons. The van der Waals surface area contributed by atoms with Crippen LogP contribution in [0.5, 0.6) is 0 Å². The van der Waals surface area contributed by atoms with E-state index < -0.39 is 16.0 Å². The first-order chi connectivity index (χ1) is 14.8. The van der Waals surface area contributed by atoms with Gasteiger partial charge in [0, 0.05) is 28.9 Å². The maximum Gasteiger partial charge on any atom is 0.294 e. The van der Waals surface area contributed by atoms with Gasteiger partial charge in [0.15, 0.2) is 0 Å². The molecular formula is C22H18N4O4S. The number of carbonyl (C=O) groups is 1. The molecule has 3 rings (SSSR count). The summed E-state index contributed by atoms with van der Waals surface area (Å²) in [4.78, 5) is 12.0. The van der Waals surface area contributed by atoms with Crippen LogP contribution < -0.4 is 16.0 Å². The van der Waals surface area contributed by atoms with Gasteiger partial charge in [-0.15, -0.1) is 0 Å². The zero-order valence-electron chi connectivity index (χ0n) is 16.1. The number of hydrogen-bond donors (Lipinski definition) is 4. The van der Waals surface area contributed by atoms with Gasteiger partial charge in [-0.3, -0.25) is 9.35 Å².